The van der Waals surface area contributed by atoms with Gasteiger partial charge in [-0.2, -0.15) is 0 Å². The second kappa shape index (κ2) is 3.48. The standard InChI is InChI=1S/C8H9BrN2OS/c9-4-1-5-8(11-2-4)7(10)6(3-12)13-5/h1-2,5,8,12H,3,10H2. The molecule has 2 heterocycles. The lowest BCUT2D eigenvalue weighted by atomic mass is 10.1. The van der Waals surface area contributed by atoms with Crippen molar-refractivity contribution in [1.29, 1.82) is 0 Å². The van der Waals surface area contributed by atoms with E-state index in [4.69, 9.17) is 10.8 Å². The van der Waals surface area contributed by atoms with Gasteiger partial charge in [0.05, 0.1) is 11.9 Å². The lowest BCUT2D eigenvalue weighted by Gasteiger charge is -2.16. The van der Waals surface area contributed by atoms with Gasteiger partial charge in [-0.15, -0.1) is 11.8 Å². The van der Waals surface area contributed by atoms with Crippen LogP contribution in [0.2, 0.25) is 0 Å². The molecule has 13 heavy (non-hydrogen) atoms. The minimum absolute atomic E-state index is 0.0183. The van der Waals surface area contributed by atoms with E-state index in [1.54, 1.807) is 18.0 Å². The molecule has 70 valence electrons. The van der Waals surface area contributed by atoms with Crippen LogP contribution in [0.25, 0.3) is 0 Å². The third-order valence-electron chi connectivity index (χ3n) is 2.06. The van der Waals surface area contributed by atoms with Crippen LogP contribution < -0.4 is 5.73 Å². The first-order valence-electron chi connectivity index (χ1n) is 3.89. The smallest absolute Gasteiger partial charge is 0.106 e. The molecule has 2 unspecified atom stereocenters. The molecule has 0 radical (unpaired) electrons. The van der Waals surface area contributed by atoms with Crippen LogP contribution in [0.4, 0.5) is 0 Å². The van der Waals surface area contributed by atoms with Crippen molar-refractivity contribution >= 4 is 33.9 Å². The Morgan fingerprint density at radius 1 is 1.69 bits per heavy atom. The van der Waals surface area contributed by atoms with Gasteiger partial charge >= 0.3 is 0 Å². The molecule has 2 rings (SSSR count). The Hall–Kier alpha value is -0.260. The van der Waals surface area contributed by atoms with E-state index in [1.165, 1.54) is 0 Å². The molecule has 0 aromatic carbocycles. The summed E-state index contributed by atoms with van der Waals surface area (Å²) in [5.74, 6) is 0. The fraction of sp³-hybridized carbons (Fsp3) is 0.375. The topological polar surface area (TPSA) is 58.6 Å². The van der Waals surface area contributed by atoms with Crippen molar-refractivity contribution in [2.45, 2.75) is 11.3 Å². The largest absolute Gasteiger partial charge is 0.400 e. The SMILES string of the molecule is NC1=C(CO)SC2C=C(Br)C=NC12. The summed E-state index contributed by atoms with van der Waals surface area (Å²) in [6, 6.07) is 0.0217. The molecule has 0 aromatic rings. The molecular weight excluding hydrogens is 252 g/mol. The molecule has 0 bridgehead atoms. The maximum absolute atomic E-state index is 9.01. The highest BCUT2D eigenvalue weighted by molar-refractivity contribution is 9.12. The molecule has 0 spiro atoms. The Labute approximate surface area is 88.9 Å². The Balaban J connectivity index is 2.27. The van der Waals surface area contributed by atoms with Crippen LogP contribution in [0.5, 0.6) is 0 Å². The Morgan fingerprint density at radius 2 is 2.46 bits per heavy atom. The molecule has 0 amide bonds. The van der Waals surface area contributed by atoms with Gasteiger partial charge in [0.25, 0.3) is 0 Å². The summed E-state index contributed by atoms with van der Waals surface area (Å²) in [6.07, 6.45) is 3.83. The highest BCUT2D eigenvalue weighted by Crippen LogP contribution is 2.40. The number of nitrogens with zero attached hydrogens (tertiary/aromatic N) is 1. The fourth-order valence-electron chi connectivity index (χ4n) is 1.41. The molecule has 0 saturated heterocycles. The lowest BCUT2D eigenvalue weighted by molar-refractivity contribution is 0.338. The van der Waals surface area contributed by atoms with Crippen molar-refractivity contribution in [3.8, 4) is 0 Å². The van der Waals surface area contributed by atoms with Gasteiger partial charge in [0.15, 0.2) is 0 Å². The molecule has 2 aliphatic heterocycles. The number of nitrogens with two attached hydrogens (primary N) is 1. The first-order valence-corrected chi connectivity index (χ1v) is 5.56. The van der Waals surface area contributed by atoms with E-state index >= 15 is 0 Å². The van der Waals surface area contributed by atoms with Gasteiger partial charge in [-0.25, -0.2) is 0 Å². The van der Waals surface area contributed by atoms with E-state index in [-0.39, 0.29) is 17.9 Å². The number of aliphatic hydroxyl groups is 1. The van der Waals surface area contributed by atoms with Crippen molar-refractivity contribution < 1.29 is 5.11 Å². The number of allylic oxidation sites excluding steroid dienone is 1. The minimum atomic E-state index is 0.0183. The van der Waals surface area contributed by atoms with Gasteiger partial charge in [0.2, 0.25) is 0 Å². The van der Waals surface area contributed by atoms with E-state index in [9.17, 15) is 0 Å². The maximum Gasteiger partial charge on any atom is 0.106 e. The highest BCUT2D eigenvalue weighted by Gasteiger charge is 2.33. The van der Waals surface area contributed by atoms with Gasteiger partial charge in [-0.3, -0.25) is 4.99 Å². The summed E-state index contributed by atoms with van der Waals surface area (Å²) in [7, 11) is 0. The Kier molecular flexibility index (Phi) is 2.49. The Morgan fingerprint density at radius 3 is 3.15 bits per heavy atom. The van der Waals surface area contributed by atoms with Gasteiger partial charge in [0, 0.05) is 21.3 Å². The van der Waals surface area contributed by atoms with Crippen LogP contribution in [-0.4, -0.2) is 29.2 Å². The number of dihydropyridines is 1. The number of hydrogen-bond acceptors (Lipinski definition) is 4. The van der Waals surface area contributed by atoms with Gasteiger partial charge in [-0.05, 0) is 15.9 Å². The number of thioether (sulfide) groups is 1. The van der Waals surface area contributed by atoms with Crippen LogP contribution in [0.1, 0.15) is 0 Å². The first kappa shape index (κ1) is 9.30. The number of hydrogen-bond donors (Lipinski definition) is 2. The van der Waals surface area contributed by atoms with Crippen molar-refractivity contribution in [2.24, 2.45) is 10.7 Å². The van der Waals surface area contributed by atoms with Gasteiger partial charge in [-0.1, -0.05) is 6.08 Å². The fourth-order valence-corrected chi connectivity index (χ4v) is 3.21. The molecule has 0 fully saturated rings. The molecule has 0 aliphatic carbocycles. The second-order valence-electron chi connectivity index (χ2n) is 2.89. The monoisotopic (exact) mass is 260 g/mol. The third kappa shape index (κ3) is 1.56. The summed E-state index contributed by atoms with van der Waals surface area (Å²) >= 11 is 4.95. The molecule has 0 aromatic heterocycles. The van der Waals surface area contributed by atoms with E-state index in [1.807, 2.05) is 0 Å². The normalized spacial score (nSPS) is 32.0. The van der Waals surface area contributed by atoms with Crippen molar-refractivity contribution in [2.75, 3.05) is 6.61 Å². The van der Waals surface area contributed by atoms with E-state index in [0.29, 0.717) is 5.70 Å². The Bertz CT molecular complexity index is 324. The molecule has 3 N–H and O–H groups in total. The molecule has 2 atom stereocenters. The maximum atomic E-state index is 9.01. The van der Waals surface area contributed by atoms with Crippen LogP contribution in [-0.2, 0) is 0 Å². The number of rotatable bonds is 1. The van der Waals surface area contributed by atoms with Crippen molar-refractivity contribution in [3.63, 3.8) is 0 Å². The van der Waals surface area contributed by atoms with Crippen LogP contribution >= 0.6 is 27.7 Å². The number of aliphatic imine (C=N–C) groups is 1. The van der Waals surface area contributed by atoms with E-state index < -0.39 is 0 Å². The zero-order chi connectivity index (χ0) is 9.42. The predicted octanol–water partition coefficient (Wildman–Crippen LogP) is 0.996. The summed E-state index contributed by atoms with van der Waals surface area (Å²) < 4.78 is 0.980. The minimum Gasteiger partial charge on any atom is -0.400 e. The third-order valence-corrected chi connectivity index (χ3v) is 3.84. The second-order valence-corrected chi connectivity index (χ2v) is 5.08. The zero-order valence-electron chi connectivity index (χ0n) is 6.77. The molecule has 5 heteroatoms. The average molecular weight is 261 g/mol. The number of halogens is 1. The quantitative estimate of drug-likeness (QED) is 0.740. The molecule has 0 saturated carbocycles. The van der Waals surface area contributed by atoms with Crippen molar-refractivity contribution in [3.05, 3.63) is 21.2 Å². The summed E-state index contributed by atoms with van der Waals surface area (Å²) in [5.41, 5.74) is 6.54. The van der Waals surface area contributed by atoms with Crippen LogP contribution in [0, 0.1) is 0 Å². The van der Waals surface area contributed by atoms with Gasteiger partial charge in [0.1, 0.15) is 6.04 Å². The summed E-state index contributed by atoms with van der Waals surface area (Å²) in [5, 5.41) is 9.26. The highest BCUT2D eigenvalue weighted by atomic mass is 79.9. The first-order chi connectivity index (χ1) is 6.22. The lowest BCUT2D eigenvalue weighted by Crippen LogP contribution is -2.24. The number of fused-ring (bicyclic) bond motifs is 1. The van der Waals surface area contributed by atoms with Crippen LogP contribution in [0.15, 0.2) is 26.2 Å². The average Bonchev–Trinajstić information content (AvgIpc) is 2.42. The predicted molar refractivity (Wildman–Crippen MR) is 59.0 cm³/mol. The molecule has 3 nitrogen and oxygen atoms in total. The molecule has 2 aliphatic rings. The van der Waals surface area contributed by atoms with E-state index in [0.717, 1.165) is 9.39 Å². The molecular formula is C8H9BrN2OS. The summed E-state index contributed by atoms with van der Waals surface area (Å²) in [4.78, 5) is 5.15. The van der Waals surface area contributed by atoms with Crippen LogP contribution in [0.3, 0.4) is 0 Å². The zero-order valence-corrected chi connectivity index (χ0v) is 9.18. The van der Waals surface area contributed by atoms with Gasteiger partial charge < -0.3 is 10.8 Å². The van der Waals surface area contributed by atoms with Crippen molar-refractivity contribution in [1.82, 2.24) is 0 Å². The number of aliphatic hydroxyl groups excluding tert-OH is 1. The summed E-state index contributed by atoms with van der Waals surface area (Å²) in [6.45, 7) is 0.0183. The van der Waals surface area contributed by atoms with E-state index in [2.05, 4.69) is 27.0 Å².